The molecule has 0 spiro atoms. The van der Waals surface area contributed by atoms with Crippen molar-refractivity contribution < 1.29 is 4.79 Å². The molecule has 0 aromatic heterocycles. The van der Waals surface area contributed by atoms with Gasteiger partial charge < -0.3 is 4.90 Å². The summed E-state index contributed by atoms with van der Waals surface area (Å²) in [6.07, 6.45) is 2.14. The van der Waals surface area contributed by atoms with Crippen molar-refractivity contribution in [3.05, 3.63) is 35.4 Å². The second-order valence-electron chi connectivity index (χ2n) is 4.98. The van der Waals surface area contributed by atoms with Crippen LogP contribution in [0.4, 0.5) is 0 Å². The van der Waals surface area contributed by atoms with Gasteiger partial charge in [0.2, 0.25) is 0 Å². The molecule has 3 nitrogen and oxygen atoms in total. The highest BCUT2D eigenvalue weighted by molar-refractivity contribution is 5.74. The SMILES string of the molecule is CCCN1CCN(Cc2ccc(C=O)cc2)CC1. The van der Waals surface area contributed by atoms with Crippen molar-refractivity contribution in [3.8, 4) is 0 Å². The monoisotopic (exact) mass is 246 g/mol. The molecular weight excluding hydrogens is 224 g/mol. The molecule has 1 fully saturated rings. The molecule has 0 N–H and O–H groups in total. The molecule has 1 aliphatic heterocycles. The van der Waals surface area contributed by atoms with Gasteiger partial charge in [-0.2, -0.15) is 0 Å². The van der Waals surface area contributed by atoms with Crippen LogP contribution in [0.3, 0.4) is 0 Å². The Labute approximate surface area is 109 Å². The Morgan fingerprint density at radius 1 is 1.06 bits per heavy atom. The Morgan fingerprint density at radius 2 is 1.67 bits per heavy atom. The molecule has 1 aromatic carbocycles. The molecule has 0 saturated carbocycles. The fourth-order valence-electron chi connectivity index (χ4n) is 2.45. The van der Waals surface area contributed by atoms with Crippen LogP contribution in [0.15, 0.2) is 24.3 Å². The van der Waals surface area contributed by atoms with E-state index in [0.717, 1.165) is 31.5 Å². The molecule has 0 aliphatic carbocycles. The van der Waals surface area contributed by atoms with E-state index in [-0.39, 0.29) is 0 Å². The number of carbonyl (C=O) groups excluding carboxylic acids is 1. The highest BCUT2D eigenvalue weighted by Gasteiger charge is 2.15. The van der Waals surface area contributed by atoms with Gasteiger partial charge in [0.25, 0.3) is 0 Å². The van der Waals surface area contributed by atoms with Gasteiger partial charge in [-0.3, -0.25) is 9.69 Å². The molecule has 2 rings (SSSR count). The maximum absolute atomic E-state index is 10.6. The maximum Gasteiger partial charge on any atom is 0.150 e. The lowest BCUT2D eigenvalue weighted by Gasteiger charge is -2.34. The second kappa shape index (κ2) is 6.66. The van der Waals surface area contributed by atoms with Crippen LogP contribution in [0.5, 0.6) is 0 Å². The minimum Gasteiger partial charge on any atom is -0.301 e. The summed E-state index contributed by atoms with van der Waals surface area (Å²) < 4.78 is 0. The number of hydrogen-bond acceptors (Lipinski definition) is 3. The Bertz CT molecular complexity index is 367. The molecule has 0 amide bonds. The van der Waals surface area contributed by atoms with Crippen molar-refractivity contribution in [2.75, 3.05) is 32.7 Å². The number of nitrogens with zero attached hydrogens (tertiary/aromatic N) is 2. The van der Waals surface area contributed by atoms with E-state index in [2.05, 4.69) is 28.9 Å². The summed E-state index contributed by atoms with van der Waals surface area (Å²) in [5, 5.41) is 0. The third-order valence-corrected chi connectivity index (χ3v) is 3.53. The van der Waals surface area contributed by atoms with E-state index in [1.54, 1.807) is 0 Å². The van der Waals surface area contributed by atoms with E-state index >= 15 is 0 Å². The van der Waals surface area contributed by atoms with Crippen LogP contribution >= 0.6 is 0 Å². The maximum atomic E-state index is 10.6. The van der Waals surface area contributed by atoms with Gasteiger partial charge in [0.05, 0.1) is 0 Å². The summed E-state index contributed by atoms with van der Waals surface area (Å²) in [6.45, 7) is 9.12. The number of carbonyl (C=O) groups is 1. The fourth-order valence-corrected chi connectivity index (χ4v) is 2.45. The molecule has 0 unspecified atom stereocenters. The van der Waals surface area contributed by atoms with Gasteiger partial charge >= 0.3 is 0 Å². The van der Waals surface area contributed by atoms with Crippen molar-refractivity contribution in [2.24, 2.45) is 0 Å². The van der Waals surface area contributed by atoms with Crippen molar-refractivity contribution in [1.82, 2.24) is 9.80 Å². The van der Waals surface area contributed by atoms with Gasteiger partial charge in [-0.1, -0.05) is 31.2 Å². The molecule has 1 aromatic rings. The molecule has 98 valence electrons. The van der Waals surface area contributed by atoms with E-state index in [1.807, 2.05) is 12.1 Å². The summed E-state index contributed by atoms with van der Waals surface area (Å²) in [4.78, 5) is 15.6. The van der Waals surface area contributed by atoms with Crippen LogP contribution in [-0.4, -0.2) is 48.8 Å². The molecule has 0 atom stereocenters. The summed E-state index contributed by atoms with van der Waals surface area (Å²) in [7, 11) is 0. The number of piperazine rings is 1. The highest BCUT2D eigenvalue weighted by atomic mass is 16.1. The first-order valence-corrected chi connectivity index (χ1v) is 6.80. The average molecular weight is 246 g/mol. The zero-order valence-electron chi connectivity index (χ0n) is 11.1. The third kappa shape index (κ3) is 3.65. The molecular formula is C15H22N2O. The largest absolute Gasteiger partial charge is 0.301 e. The smallest absolute Gasteiger partial charge is 0.150 e. The van der Waals surface area contributed by atoms with E-state index in [9.17, 15) is 4.79 Å². The van der Waals surface area contributed by atoms with E-state index < -0.39 is 0 Å². The normalized spacial score (nSPS) is 17.8. The highest BCUT2D eigenvalue weighted by Crippen LogP contribution is 2.09. The van der Waals surface area contributed by atoms with E-state index in [1.165, 1.54) is 31.6 Å². The minimum absolute atomic E-state index is 0.756. The van der Waals surface area contributed by atoms with Crippen molar-refractivity contribution in [3.63, 3.8) is 0 Å². The van der Waals surface area contributed by atoms with Gasteiger partial charge in [-0.05, 0) is 18.5 Å². The quantitative estimate of drug-likeness (QED) is 0.743. The first kappa shape index (κ1) is 13.2. The van der Waals surface area contributed by atoms with Crippen molar-refractivity contribution >= 4 is 6.29 Å². The summed E-state index contributed by atoms with van der Waals surface area (Å²) >= 11 is 0. The van der Waals surface area contributed by atoms with Crippen LogP contribution in [0.2, 0.25) is 0 Å². The van der Waals surface area contributed by atoms with Crippen LogP contribution in [0.1, 0.15) is 29.3 Å². The Kier molecular flexibility index (Phi) is 4.90. The lowest BCUT2D eigenvalue weighted by molar-refractivity contribution is 0.112. The van der Waals surface area contributed by atoms with Gasteiger partial charge in [0.1, 0.15) is 6.29 Å². The van der Waals surface area contributed by atoms with Crippen LogP contribution in [0, 0.1) is 0 Å². The molecule has 18 heavy (non-hydrogen) atoms. The van der Waals surface area contributed by atoms with Gasteiger partial charge in [0, 0.05) is 38.3 Å². The lowest BCUT2D eigenvalue weighted by atomic mass is 10.1. The number of benzene rings is 1. The molecule has 1 heterocycles. The molecule has 0 radical (unpaired) electrons. The standard InChI is InChI=1S/C15H22N2O/c1-2-7-16-8-10-17(11-9-16)12-14-3-5-15(13-18)6-4-14/h3-6,13H,2,7-12H2,1H3. The van der Waals surface area contributed by atoms with Crippen LogP contribution in [-0.2, 0) is 6.54 Å². The Morgan fingerprint density at radius 3 is 2.22 bits per heavy atom. The number of aldehydes is 1. The second-order valence-corrected chi connectivity index (χ2v) is 4.98. The van der Waals surface area contributed by atoms with Gasteiger partial charge in [-0.15, -0.1) is 0 Å². The number of hydrogen-bond donors (Lipinski definition) is 0. The first-order chi connectivity index (χ1) is 8.81. The predicted molar refractivity (Wildman–Crippen MR) is 73.8 cm³/mol. The molecule has 0 bridgehead atoms. The van der Waals surface area contributed by atoms with Gasteiger partial charge in [-0.25, -0.2) is 0 Å². The van der Waals surface area contributed by atoms with Crippen molar-refractivity contribution in [2.45, 2.75) is 19.9 Å². The minimum atomic E-state index is 0.756. The molecule has 1 saturated heterocycles. The zero-order chi connectivity index (χ0) is 12.8. The van der Waals surface area contributed by atoms with E-state index in [4.69, 9.17) is 0 Å². The summed E-state index contributed by atoms with van der Waals surface area (Å²) in [5.41, 5.74) is 2.05. The lowest BCUT2D eigenvalue weighted by Crippen LogP contribution is -2.45. The van der Waals surface area contributed by atoms with Crippen molar-refractivity contribution in [1.29, 1.82) is 0 Å². The first-order valence-electron chi connectivity index (χ1n) is 6.80. The zero-order valence-corrected chi connectivity index (χ0v) is 11.1. The van der Waals surface area contributed by atoms with Crippen LogP contribution < -0.4 is 0 Å². The number of rotatable bonds is 5. The predicted octanol–water partition coefficient (Wildman–Crippen LogP) is 2.03. The molecule has 1 aliphatic rings. The average Bonchev–Trinajstić information content (AvgIpc) is 2.42. The summed E-state index contributed by atoms with van der Waals surface area (Å²) in [6, 6.07) is 7.91. The fraction of sp³-hybridized carbons (Fsp3) is 0.533. The van der Waals surface area contributed by atoms with Gasteiger partial charge in [0.15, 0.2) is 0 Å². The third-order valence-electron chi connectivity index (χ3n) is 3.53. The van der Waals surface area contributed by atoms with E-state index in [0.29, 0.717) is 0 Å². The summed E-state index contributed by atoms with van der Waals surface area (Å²) in [5.74, 6) is 0. The van der Waals surface area contributed by atoms with Crippen LogP contribution in [0.25, 0.3) is 0 Å². The molecule has 3 heteroatoms. The Balaban J connectivity index is 1.81. The Hall–Kier alpha value is -1.19. The topological polar surface area (TPSA) is 23.6 Å².